The second-order valence-electron chi connectivity index (χ2n) is 6.91. The van der Waals surface area contributed by atoms with Gasteiger partial charge in [0.05, 0.1) is 0 Å². The summed E-state index contributed by atoms with van der Waals surface area (Å²) < 4.78 is 0. The molecular formula is C20H23N3OS. The van der Waals surface area contributed by atoms with Gasteiger partial charge in [-0.2, -0.15) is 0 Å². The topological polar surface area (TPSA) is 58.4 Å². The molecule has 2 aromatic rings. The van der Waals surface area contributed by atoms with Crippen molar-refractivity contribution in [1.29, 1.82) is 0 Å². The molecule has 5 rings (SSSR count). The lowest BCUT2D eigenvalue weighted by Gasteiger charge is -2.44. The highest BCUT2D eigenvalue weighted by atomic mass is 32.2. The first-order valence-corrected chi connectivity index (χ1v) is 9.66. The van der Waals surface area contributed by atoms with E-state index in [1.165, 1.54) is 25.9 Å². The SMILES string of the molecule is Nc1ccc(Sc2ccc(C(=O)N[C@H]3CN4CCC3CC4)cc2)cc1. The molecule has 0 spiro atoms. The quantitative estimate of drug-likeness (QED) is 0.829. The van der Waals surface area contributed by atoms with Gasteiger partial charge in [-0.05, 0) is 80.4 Å². The van der Waals surface area contributed by atoms with E-state index in [0.717, 1.165) is 27.6 Å². The summed E-state index contributed by atoms with van der Waals surface area (Å²) >= 11 is 1.67. The number of amides is 1. The number of rotatable bonds is 4. The number of piperidine rings is 3. The number of anilines is 1. The van der Waals surface area contributed by atoms with Gasteiger partial charge in [-0.3, -0.25) is 4.79 Å². The van der Waals surface area contributed by atoms with Crippen molar-refractivity contribution in [3.63, 3.8) is 0 Å². The zero-order chi connectivity index (χ0) is 17.2. The number of carbonyl (C=O) groups is 1. The minimum Gasteiger partial charge on any atom is -0.399 e. The van der Waals surface area contributed by atoms with Gasteiger partial charge in [-0.15, -0.1) is 0 Å². The van der Waals surface area contributed by atoms with Crippen LogP contribution in [0.3, 0.4) is 0 Å². The summed E-state index contributed by atoms with van der Waals surface area (Å²) in [6, 6.07) is 16.0. The Morgan fingerprint density at radius 1 is 1.00 bits per heavy atom. The van der Waals surface area contributed by atoms with Crippen LogP contribution in [0, 0.1) is 5.92 Å². The second kappa shape index (κ2) is 7.10. The molecule has 0 radical (unpaired) electrons. The number of carbonyl (C=O) groups excluding carboxylic acids is 1. The van der Waals surface area contributed by atoms with Crippen LogP contribution in [0.15, 0.2) is 58.3 Å². The van der Waals surface area contributed by atoms with E-state index in [4.69, 9.17) is 5.73 Å². The van der Waals surface area contributed by atoms with Crippen LogP contribution in [0.1, 0.15) is 23.2 Å². The predicted molar refractivity (Wildman–Crippen MR) is 102 cm³/mol. The molecule has 4 nitrogen and oxygen atoms in total. The number of nitrogens with two attached hydrogens (primary N) is 1. The van der Waals surface area contributed by atoms with E-state index in [1.807, 2.05) is 48.5 Å². The van der Waals surface area contributed by atoms with Crippen LogP contribution < -0.4 is 11.1 Å². The fourth-order valence-corrected chi connectivity index (χ4v) is 4.54. The van der Waals surface area contributed by atoms with Crippen LogP contribution in [0.4, 0.5) is 5.69 Å². The Morgan fingerprint density at radius 3 is 2.16 bits per heavy atom. The van der Waals surface area contributed by atoms with Gasteiger partial charge in [-0.1, -0.05) is 11.8 Å². The lowest BCUT2D eigenvalue weighted by Crippen LogP contribution is -2.57. The van der Waals surface area contributed by atoms with Crippen molar-refractivity contribution < 1.29 is 4.79 Å². The molecule has 0 saturated carbocycles. The van der Waals surface area contributed by atoms with Crippen LogP contribution in [-0.2, 0) is 0 Å². The highest BCUT2D eigenvalue weighted by molar-refractivity contribution is 7.99. The summed E-state index contributed by atoms with van der Waals surface area (Å²) in [5.74, 6) is 0.692. The van der Waals surface area contributed by atoms with E-state index >= 15 is 0 Å². The molecule has 0 unspecified atom stereocenters. The smallest absolute Gasteiger partial charge is 0.251 e. The van der Waals surface area contributed by atoms with Crippen LogP contribution in [-0.4, -0.2) is 36.5 Å². The van der Waals surface area contributed by atoms with Crippen LogP contribution >= 0.6 is 11.8 Å². The lowest BCUT2D eigenvalue weighted by molar-refractivity contribution is 0.0620. The maximum atomic E-state index is 12.5. The highest BCUT2D eigenvalue weighted by Crippen LogP contribution is 2.29. The summed E-state index contributed by atoms with van der Waals surface area (Å²) in [5, 5.41) is 3.24. The molecule has 3 saturated heterocycles. The number of hydrogen-bond donors (Lipinski definition) is 2. The zero-order valence-electron chi connectivity index (χ0n) is 14.2. The van der Waals surface area contributed by atoms with Gasteiger partial charge in [0.25, 0.3) is 5.91 Å². The Hall–Kier alpha value is -1.98. The van der Waals surface area contributed by atoms with Gasteiger partial charge in [0, 0.05) is 33.6 Å². The summed E-state index contributed by atoms with van der Waals surface area (Å²) in [6.45, 7) is 3.38. The minimum absolute atomic E-state index is 0.0442. The third kappa shape index (κ3) is 3.83. The Labute approximate surface area is 152 Å². The molecular weight excluding hydrogens is 330 g/mol. The third-order valence-corrected chi connectivity index (χ3v) is 6.22. The Bertz CT molecular complexity index is 737. The molecule has 3 fully saturated rings. The van der Waals surface area contributed by atoms with E-state index in [-0.39, 0.29) is 5.91 Å². The van der Waals surface area contributed by atoms with Crippen molar-refractivity contribution in [2.45, 2.75) is 28.7 Å². The Balaban J connectivity index is 1.38. The molecule has 2 aromatic carbocycles. The second-order valence-corrected chi connectivity index (χ2v) is 8.06. The van der Waals surface area contributed by atoms with Gasteiger partial charge in [0.2, 0.25) is 0 Å². The third-order valence-electron chi connectivity index (χ3n) is 5.20. The molecule has 3 N–H and O–H groups in total. The van der Waals surface area contributed by atoms with Gasteiger partial charge in [0.1, 0.15) is 0 Å². The number of nitrogens with zero attached hydrogens (tertiary/aromatic N) is 1. The molecule has 25 heavy (non-hydrogen) atoms. The molecule has 1 amide bonds. The van der Waals surface area contributed by atoms with Gasteiger partial charge in [0.15, 0.2) is 0 Å². The van der Waals surface area contributed by atoms with Crippen molar-refractivity contribution in [3.8, 4) is 0 Å². The molecule has 2 bridgehead atoms. The Kier molecular flexibility index (Phi) is 4.68. The summed E-state index contributed by atoms with van der Waals surface area (Å²) in [7, 11) is 0. The molecule has 5 heteroatoms. The largest absolute Gasteiger partial charge is 0.399 e. The van der Waals surface area contributed by atoms with E-state index in [2.05, 4.69) is 10.2 Å². The lowest BCUT2D eigenvalue weighted by atomic mass is 9.84. The van der Waals surface area contributed by atoms with Crippen molar-refractivity contribution in [2.24, 2.45) is 5.92 Å². The molecule has 130 valence electrons. The van der Waals surface area contributed by atoms with Gasteiger partial charge < -0.3 is 16.0 Å². The molecule has 3 aliphatic heterocycles. The maximum absolute atomic E-state index is 12.5. The molecule has 1 atom stereocenters. The average molecular weight is 353 g/mol. The van der Waals surface area contributed by atoms with Crippen molar-refractivity contribution in [1.82, 2.24) is 10.2 Å². The summed E-state index contributed by atoms with van der Waals surface area (Å²) in [4.78, 5) is 17.3. The molecule has 3 heterocycles. The fraction of sp³-hybridized carbons (Fsp3) is 0.350. The number of nitrogen functional groups attached to an aromatic ring is 1. The van der Waals surface area contributed by atoms with E-state index in [1.54, 1.807) is 11.8 Å². The van der Waals surface area contributed by atoms with Crippen LogP contribution in [0.2, 0.25) is 0 Å². The molecule has 3 aliphatic rings. The zero-order valence-corrected chi connectivity index (χ0v) is 15.0. The first kappa shape index (κ1) is 16.5. The number of fused-ring (bicyclic) bond motifs is 3. The fourth-order valence-electron chi connectivity index (χ4n) is 3.73. The predicted octanol–water partition coefficient (Wildman–Crippen LogP) is 3.24. The average Bonchev–Trinajstić information content (AvgIpc) is 2.65. The number of hydrogen-bond acceptors (Lipinski definition) is 4. The maximum Gasteiger partial charge on any atom is 0.251 e. The van der Waals surface area contributed by atoms with Crippen molar-refractivity contribution >= 4 is 23.4 Å². The van der Waals surface area contributed by atoms with E-state index < -0.39 is 0 Å². The van der Waals surface area contributed by atoms with Gasteiger partial charge in [-0.25, -0.2) is 0 Å². The number of nitrogens with one attached hydrogen (secondary N) is 1. The first-order valence-electron chi connectivity index (χ1n) is 8.84. The summed E-state index contributed by atoms with van der Waals surface area (Å²) in [6.07, 6.45) is 2.42. The number of benzene rings is 2. The highest BCUT2D eigenvalue weighted by Gasteiger charge is 2.34. The monoisotopic (exact) mass is 353 g/mol. The van der Waals surface area contributed by atoms with Gasteiger partial charge >= 0.3 is 0 Å². The Morgan fingerprint density at radius 2 is 1.60 bits per heavy atom. The molecule has 0 aliphatic carbocycles. The van der Waals surface area contributed by atoms with Crippen molar-refractivity contribution in [2.75, 3.05) is 25.4 Å². The first-order chi connectivity index (χ1) is 12.2. The minimum atomic E-state index is 0.0442. The normalized spacial score (nSPS) is 24.9. The summed E-state index contributed by atoms with van der Waals surface area (Å²) in [5.41, 5.74) is 7.22. The van der Waals surface area contributed by atoms with E-state index in [9.17, 15) is 4.79 Å². The molecule has 0 aromatic heterocycles. The van der Waals surface area contributed by atoms with Crippen LogP contribution in [0.5, 0.6) is 0 Å². The van der Waals surface area contributed by atoms with Crippen molar-refractivity contribution in [3.05, 3.63) is 54.1 Å². The van der Waals surface area contributed by atoms with E-state index in [0.29, 0.717) is 12.0 Å². The standard InChI is InChI=1S/C20H23N3OS/c21-16-3-7-18(8-4-16)25-17-5-1-15(2-6-17)20(24)22-19-13-23-11-9-14(19)10-12-23/h1-8,14,19H,9-13,21H2,(H,22,24)/t19-/m0/s1. The van der Waals surface area contributed by atoms with Crippen LogP contribution in [0.25, 0.3) is 0 Å².